The zero-order valence-corrected chi connectivity index (χ0v) is 14.9. The maximum Gasteiger partial charge on any atom is 0.317 e. The molecule has 12 nitrogen and oxygen atoms in total. The highest BCUT2D eigenvalue weighted by Crippen LogP contribution is 2.25. The molecule has 6 N–H and O–H groups in total. The van der Waals surface area contributed by atoms with Gasteiger partial charge in [-0.15, -0.1) is 0 Å². The maximum atomic E-state index is 11.3. The van der Waals surface area contributed by atoms with E-state index in [1.165, 1.54) is 4.90 Å². The van der Waals surface area contributed by atoms with E-state index in [9.17, 15) is 29.4 Å². The van der Waals surface area contributed by atoms with Crippen LogP contribution >= 0.6 is 0 Å². The number of hydrogen-bond donors (Lipinski definition) is 5. The standard InChI is InChI=1S/C15H26N4O8/c16-2-1-15(19(7-13(24)25)8-14(26)27)9-17(5-11(20)21)3-4-18(10-15)6-12(22)23/h1-10,16H2,(H,20,21)(H,22,23)(H,24,25)(H,26,27). The molecule has 0 unspecified atom stereocenters. The Morgan fingerprint density at radius 3 is 1.52 bits per heavy atom. The summed E-state index contributed by atoms with van der Waals surface area (Å²) in [5.41, 5.74) is 4.58. The first-order chi connectivity index (χ1) is 12.6. The molecule has 0 bridgehead atoms. The number of carboxylic acid groups (broad SMARTS) is 4. The van der Waals surface area contributed by atoms with Gasteiger partial charge in [0.05, 0.1) is 26.2 Å². The van der Waals surface area contributed by atoms with E-state index in [0.29, 0.717) is 0 Å². The molecule has 27 heavy (non-hydrogen) atoms. The highest BCUT2D eigenvalue weighted by Gasteiger charge is 2.43. The fraction of sp³-hybridized carbons (Fsp3) is 0.733. The quantitative estimate of drug-likeness (QED) is 0.247. The van der Waals surface area contributed by atoms with Crippen LogP contribution in [0.3, 0.4) is 0 Å². The van der Waals surface area contributed by atoms with E-state index >= 15 is 0 Å². The predicted molar refractivity (Wildman–Crippen MR) is 91.4 cm³/mol. The lowest BCUT2D eigenvalue weighted by Gasteiger charge is -2.45. The highest BCUT2D eigenvalue weighted by atomic mass is 16.4. The Labute approximate surface area is 155 Å². The van der Waals surface area contributed by atoms with Crippen molar-refractivity contribution in [1.29, 1.82) is 0 Å². The van der Waals surface area contributed by atoms with Crippen molar-refractivity contribution in [2.24, 2.45) is 5.73 Å². The molecule has 0 aromatic heterocycles. The maximum absolute atomic E-state index is 11.3. The summed E-state index contributed by atoms with van der Waals surface area (Å²) in [4.78, 5) is 49.3. The van der Waals surface area contributed by atoms with E-state index in [-0.39, 0.29) is 52.2 Å². The summed E-state index contributed by atoms with van der Waals surface area (Å²) in [5.74, 6) is -4.67. The molecule has 12 heteroatoms. The minimum atomic E-state index is -1.24. The van der Waals surface area contributed by atoms with Crippen LogP contribution in [0, 0.1) is 0 Å². The Hall–Kier alpha value is -2.28. The number of carbonyl (C=O) groups is 4. The van der Waals surface area contributed by atoms with Crippen molar-refractivity contribution in [2.75, 3.05) is 58.9 Å². The first-order valence-electron chi connectivity index (χ1n) is 8.35. The van der Waals surface area contributed by atoms with Crippen molar-refractivity contribution in [3.63, 3.8) is 0 Å². The highest BCUT2D eigenvalue weighted by molar-refractivity contribution is 5.73. The van der Waals surface area contributed by atoms with E-state index in [1.54, 1.807) is 9.80 Å². The summed E-state index contributed by atoms with van der Waals surface area (Å²) < 4.78 is 0. The fourth-order valence-corrected chi connectivity index (χ4v) is 3.48. The largest absolute Gasteiger partial charge is 0.480 e. The zero-order chi connectivity index (χ0) is 20.6. The molecule has 0 spiro atoms. The molecule has 1 fully saturated rings. The Morgan fingerprint density at radius 2 is 1.22 bits per heavy atom. The summed E-state index contributed by atoms with van der Waals surface area (Å²) in [6.45, 7) is -1.12. The van der Waals surface area contributed by atoms with Crippen LogP contribution in [-0.4, -0.2) is 123 Å². The van der Waals surface area contributed by atoms with E-state index < -0.39 is 42.5 Å². The summed E-state index contributed by atoms with van der Waals surface area (Å²) >= 11 is 0. The van der Waals surface area contributed by atoms with Crippen LogP contribution in [-0.2, 0) is 19.2 Å². The second kappa shape index (κ2) is 10.2. The third-order valence-corrected chi connectivity index (χ3v) is 4.42. The molecule has 1 aliphatic rings. The van der Waals surface area contributed by atoms with Crippen LogP contribution in [0.25, 0.3) is 0 Å². The molecule has 0 radical (unpaired) electrons. The Balaban J connectivity index is 3.31. The summed E-state index contributed by atoms with van der Waals surface area (Å²) in [6, 6.07) is 0. The number of nitrogens with zero attached hydrogens (tertiary/aromatic N) is 3. The van der Waals surface area contributed by atoms with E-state index in [2.05, 4.69) is 0 Å². The first kappa shape index (κ1) is 22.8. The van der Waals surface area contributed by atoms with Crippen LogP contribution in [0.2, 0.25) is 0 Å². The van der Waals surface area contributed by atoms with Gasteiger partial charge in [-0.1, -0.05) is 0 Å². The van der Waals surface area contributed by atoms with Crippen LogP contribution in [0.5, 0.6) is 0 Å². The van der Waals surface area contributed by atoms with Crippen molar-refractivity contribution in [1.82, 2.24) is 14.7 Å². The first-order valence-corrected chi connectivity index (χ1v) is 8.35. The van der Waals surface area contributed by atoms with Crippen LogP contribution < -0.4 is 5.73 Å². The monoisotopic (exact) mass is 390 g/mol. The van der Waals surface area contributed by atoms with Crippen LogP contribution in [0.15, 0.2) is 0 Å². The van der Waals surface area contributed by atoms with Gasteiger partial charge in [0.25, 0.3) is 0 Å². The molecule has 0 aliphatic carbocycles. The van der Waals surface area contributed by atoms with Crippen LogP contribution in [0.4, 0.5) is 0 Å². The molecular formula is C15H26N4O8. The third kappa shape index (κ3) is 7.46. The van der Waals surface area contributed by atoms with Crippen molar-refractivity contribution >= 4 is 23.9 Å². The zero-order valence-electron chi connectivity index (χ0n) is 14.9. The van der Waals surface area contributed by atoms with Gasteiger partial charge >= 0.3 is 23.9 Å². The lowest BCUT2D eigenvalue weighted by molar-refractivity contribution is -0.148. The van der Waals surface area contributed by atoms with Gasteiger partial charge in [0.1, 0.15) is 0 Å². The molecule has 1 heterocycles. The molecule has 154 valence electrons. The van der Waals surface area contributed by atoms with E-state index in [0.717, 1.165) is 0 Å². The minimum Gasteiger partial charge on any atom is -0.480 e. The average molecular weight is 390 g/mol. The topological polar surface area (TPSA) is 185 Å². The predicted octanol–water partition coefficient (Wildman–Crippen LogP) is -2.67. The van der Waals surface area contributed by atoms with Gasteiger partial charge in [0, 0.05) is 31.7 Å². The Bertz CT molecular complexity index is 528. The number of aliphatic carboxylic acids is 4. The van der Waals surface area contributed by atoms with Gasteiger partial charge in [-0.2, -0.15) is 0 Å². The number of hydrogen-bond acceptors (Lipinski definition) is 8. The molecule has 0 aromatic carbocycles. The lowest BCUT2D eigenvalue weighted by Crippen LogP contribution is -2.62. The van der Waals surface area contributed by atoms with E-state index in [4.69, 9.17) is 15.9 Å². The average Bonchev–Trinajstić information content (AvgIpc) is 2.65. The van der Waals surface area contributed by atoms with Crippen molar-refractivity contribution in [3.05, 3.63) is 0 Å². The van der Waals surface area contributed by atoms with Gasteiger partial charge in [-0.25, -0.2) is 0 Å². The summed E-state index contributed by atoms with van der Waals surface area (Å²) in [5, 5.41) is 36.7. The van der Waals surface area contributed by atoms with Crippen LogP contribution in [0.1, 0.15) is 6.42 Å². The van der Waals surface area contributed by atoms with Crippen molar-refractivity contribution in [2.45, 2.75) is 12.0 Å². The fourth-order valence-electron chi connectivity index (χ4n) is 3.48. The van der Waals surface area contributed by atoms with Gasteiger partial charge in [-0.3, -0.25) is 33.9 Å². The summed E-state index contributed by atoms with van der Waals surface area (Å²) in [7, 11) is 0. The van der Waals surface area contributed by atoms with Gasteiger partial charge in [0.2, 0.25) is 0 Å². The second-order valence-electron chi connectivity index (χ2n) is 6.62. The number of rotatable bonds is 11. The van der Waals surface area contributed by atoms with E-state index in [1.807, 2.05) is 0 Å². The molecule has 0 aromatic rings. The Morgan fingerprint density at radius 1 is 0.815 bits per heavy atom. The smallest absolute Gasteiger partial charge is 0.317 e. The molecule has 0 saturated carbocycles. The molecule has 1 saturated heterocycles. The van der Waals surface area contributed by atoms with Crippen molar-refractivity contribution < 1.29 is 39.6 Å². The summed E-state index contributed by atoms with van der Waals surface area (Å²) in [6.07, 6.45) is 0.180. The Kier molecular flexibility index (Phi) is 8.56. The van der Waals surface area contributed by atoms with Gasteiger partial charge < -0.3 is 26.2 Å². The van der Waals surface area contributed by atoms with Gasteiger partial charge in [0.15, 0.2) is 0 Å². The molecular weight excluding hydrogens is 364 g/mol. The lowest BCUT2D eigenvalue weighted by atomic mass is 9.90. The minimum absolute atomic E-state index is 0.0627. The molecule has 1 rings (SSSR count). The third-order valence-electron chi connectivity index (χ3n) is 4.42. The normalized spacial score (nSPS) is 18.1. The molecule has 1 aliphatic heterocycles. The van der Waals surface area contributed by atoms with Gasteiger partial charge in [-0.05, 0) is 13.0 Å². The molecule has 0 atom stereocenters. The van der Waals surface area contributed by atoms with Crippen molar-refractivity contribution in [3.8, 4) is 0 Å². The number of carboxylic acids is 4. The SMILES string of the molecule is NCCC1(N(CC(=O)O)CC(=O)O)CN(CC(=O)O)CCN(CC(=O)O)C1. The second-order valence-corrected chi connectivity index (χ2v) is 6.62. The number of nitrogens with two attached hydrogens (primary N) is 1. The molecule has 0 amide bonds.